The Morgan fingerprint density at radius 1 is 1.32 bits per heavy atom. The molecule has 0 spiro atoms. The summed E-state index contributed by atoms with van der Waals surface area (Å²) in [7, 11) is 1.48. The SMILES string of the molecule is Cn1c(=O)[nH]c(=O)c2c1nc(NCCO)n2C[C@H](O)COc1ccc(Cl)cc1. The summed E-state index contributed by atoms with van der Waals surface area (Å²) in [6.45, 7) is -0.0170. The van der Waals surface area contributed by atoms with Crippen molar-refractivity contribution >= 4 is 28.7 Å². The van der Waals surface area contributed by atoms with E-state index in [0.29, 0.717) is 10.8 Å². The maximum absolute atomic E-state index is 12.3. The first-order chi connectivity index (χ1) is 13.4. The average molecular weight is 410 g/mol. The molecule has 3 aromatic rings. The van der Waals surface area contributed by atoms with Gasteiger partial charge in [-0.3, -0.25) is 14.3 Å². The highest BCUT2D eigenvalue weighted by Crippen LogP contribution is 2.18. The number of halogens is 1. The monoisotopic (exact) mass is 409 g/mol. The van der Waals surface area contributed by atoms with E-state index in [1.165, 1.54) is 16.2 Å². The molecule has 4 N–H and O–H groups in total. The molecule has 0 saturated carbocycles. The Hall–Kier alpha value is -2.82. The van der Waals surface area contributed by atoms with E-state index in [2.05, 4.69) is 15.3 Å². The number of ether oxygens (including phenoxy) is 1. The van der Waals surface area contributed by atoms with Crippen molar-refractivity contribution in [2.45, 2.75) is 12.6 Å². The quantitative estimate of drug-likeness (QED) is 0.408. The summed E-state index contributed by atoms with van der Waals surface area (Å²) in [5.74, 6) is 0.791. The van der Waals surface area contributed by atoms with Crippen molar-refractivity contribution in [2.75, 3.05) is 25.1 Å². The predicted octanol–water partition coefficient (Wildman–Crippen LogP) is -0.0792. The number of H-pyrrole nitrogens is 1. The molecule has 10 nitrogen and oxygen atoms in total. The summed E-state index contributed by atoms with van der Waals surface area (Å²) in [4.78, 5) is 30.6. The van der Waals surface area contributed by atoms with Gasteiger partial charge in [0.1, 0.15) is 18.5 Å². The van der Waals surface area contributed by atoms with Crippen molar-refractivity contribution in [3.63, 3.8) is 0 Å². The first-order valence-corrected chi connectivity index (χ1v) is 8.89. The zero-order chi connectivity index (χ0) is 20.3. The van der Waals surface area contributed by atoms with E-state index in [1.807, 2.05) is 0 Å². The van der Waals surface area contributed by atoms with Crippen molar-refractivity contribution in [3.8, 4) is 5.75 Å². The highest BCUT2D eigenvalue weighted by Gasteiger charge is 2.19. The van der Waals surface area contributed by atoms with Crippen molar-refractivity contribution in [3.05, 3.63) is 50.1 Å². The van der Waals surface area contributed by atoms with Crippen LogP contribution in [0, 0.1) is 0 Å². The number of fused-ring (bicyclic) bond motifs is 1. The van der Waals surface area contributed by atoms with Crippen LogP contribution in [0.4, 0.5) is 5.95 Å². The maximum Gasteiger partial charge on any atom is 0.329 e. The van der Waals surface area contributed by atoms with Crippen LogP contribution in [0.25, 0.3) is 11.2 Å². The third-order valence-corrected chi connectivity index (χ3v) is 4.30. The van der Waals surface area contributed by atoms with Gasteiger partial charge in [0.2, 0.25) is 5.95 Å². The number of nitrogens with one attached hydrogen (secondary N) is 2. The number of nitrogens with zero attached hydrogens (tertiary/aromatic N) is 3. The fourth-order valence-electron chi connectivity index (χ4n) is 2.70. The fourth-order valence-corrected chi connectivity index (χ4v) is 2.83. The molecule has 0 radical (unpaired) electrons. The van der Waals surface area contributed by atoms with Crippen molar-refractivity contribution < 1.29 is 14.9 Å². The normalized spacial score (nSPS) is 12.3. The molecule has 3 rings (SSSR count). The number of imidazole rings is 1. The van der Waals surface area contributed by atoms with Crippen LogP contribution >= 0.6 is 11.6 Å². The molecule has 0 aliphatic heterocycles. The standard InChI is InChI=1S/C17H20ClN5O5/c1-22-14-13(15(26)21-17(22)27)23(16(20-14)19-6-7-24)8-11(25)9-28-12-4-2-10(18)3-5-12/h2-5,11,24-25H,6-9H2,1H3,(H,19,20)(H,21,26,27)/t11-/m0/s1. The minimum atomic E-state index is -0.973. The Balaban J connectivity index is 1.87. The van der Waals surface area contributed by atoms with Gasteiger partial charge in [0.25, 0.3) is 5.56 Å². The molecule has 2 aromatic heterocycles. The van der Waals surface area contributed by atoms with Gasteiger partial charge in [-0.15, -0.1) is 0 Å². The second-order valence-electron chi connectivity index (χ2n) is 6.11. The molecular weight excluding hydrogens is 390 g/mol. The van der Waals surface area contributed by atoms with Gasteiger partial charge in [0.15, 0.2) is 11.2 Å². The second-order valence-corrected chi connectivity index (χ2v) is 6.54. The molecule has 28 heavy (non-hydrogen) atoms. The molecule has 0 aliphatic carbocycles. The zero-order valence-electron chi connectivity index (χ0n) is 15.1. The van der Waals surface area contributed by atoms with Crippen LogP contribution in [0.5, 0.6) is 5.75 Å². The number of aliphatic hydroxyl groups excluding tert-OH is 2. The molecule has 150 valence electrons. The molecule has 11 heteroatoms. The van der Waals surface area contributed by atoms with Gasteiger partial charge < -0.3 is 24.8 Å². The molecule has 0 amide bonds. The average Bonchev–Trinajstić information content (AvgIpc) is 3.03. The number of aromatic amines is 1. The van der Waals surface area contributed by atoms with Crippen LogP contribution in [0.1, 0.15) is 0 Å². The smallest absolute Gasteiger partial charge is 0.329 e. The Morgan fingerprint density at radius 3 is 2.71 bits per heavy atom. The van der Waals surface area contributed by atoms with Gasteiger partial charge in [-0.05, 0) is 24.3 Å². The number of hydrogen-bond acceptors (Lipinski definition) is 7. The van der Waals surface area contributed by atoms with Gasteiger partial charge in [0, 0.05) is 18.6 Å². The number of anilines is 1. The number of hydrogen-bond donors (Lipinski definition) is 4. The number of aromatic nitrogens is 4. The second kappa shape index (κ2) is 8.46. The first-order valence-electron chi connectivity index (χ1n) is 8.51. The third kappa shape index (κ3) is 4.19. The molecule has 0 fully saturated rings. The Morgan fingerprint density at radius 2 is 2.04 bits per heavy atom. The number of benzene rings is 1. The van der Waals surface area contributed by atoms with Gasteiger partial charge in [-0.25, -0.2) is 4.79 Å². The number of rotatable bonds is 8. The summed E-state index contributed by atoms with van der Waals surface area (Å²) in [6.07, 6.45) is -0.973. The third-order valence-electron chi connectivity index (χ3n) is 4.05. The van der Waals surface area contributed by atoms with Gasteiger partial charge in [-0.2, -0.15) is 4.98 Å². The predicted molar refractivity (Wildman–Crippen MR) is 104 cm³/mol. The van der Waals surface area contributed by atoms with Crippen LogP contribution in [-0.4, -0.2) is 55.2 Å². The number of aryl methyl sites for hydroxylation is 1. The lowest BCUT2D eigenvalue weighted by molar-refractivity contribution is 0.0938. The Kier molecular flexibility index (Phi) is 6.02. The van der Waals surface area contributed by atoms with Crippen molar-refractivity contribution in [2.24, 2.45) is 7.05 Å². The largest absolute Gasteiger partial charge is 0.491 e. The molecule has 1 atom stereocenters. The fraction of sp³-hybridized carbons (Fsp3) is 0.353. The van der Waals surface area contributed by atoms with Crippen LogP contribution in [0.2, 0.25) is 5.02 Å². The Labute approximate surface area is 164 Å². The van der Waals surface area contributed by atoms with Gasteiger partial charge >= 0.3 is 5.69 Å². The van der Waals surface area contributed by atoms with Crippen molar-refractivity contribution in [1.29, 1.82) is 0 Å². The summed E-state index contributed by atoms with van der Waals surface area (Å²) < 4.78 is 8.19. The molecule has 2 heterocycles. The van der Waals surface area contributed by atoms with E-state index < -0.39 is 17.4 Å². The van der Waals surface area contributed by atoms with E-state index in [-0.39, 0.29) is 43.4 Å². The van der Waals surface area contributed by atoms with Gasteiger partial charge in [-0.1, -0.05) is 11.6 Å². The maximum atomic E-state index is 12.3. The highest BCUT2D eigenvalue weighted by atomic mass is 35.5. The molecular formula is C17H20ClN5O5. The molecule has 0 aliphatic rings. The highest BCUT2D eigenvalue weighted by molar-refractivity contribution is 6.30. The summed E-state index contributed by atoms with van der Waals surface area (Å²) in [5.41, 5.74) is -0.913. The molecule has 1 aromatic carbocycles. The van der Waals surface area contributed by atoms with E-state index in [9.17, 15) is 14.7 Å². The summed E-state index contributed by atoms with van der Waals surface area (Å²) in [6, 6.07) is 6.69. The van der Waals surface area contributed by atoms with Crippen LogP contribution in [0.15, 0.2) is 33.9 Å². The Bertz CT molecular complexity index is 1070. The molecule has 0 saturated heterocycles. The minimum Gasteiger partial charge on any atom is -0.491 e. The zero-order valence-corrected chi connectivity index (χ0v) is 15.8. The van der Waals surface area contributed by atoms with E-state index in [4.69, 9.17) is 21.4 Å². The van der Waals surface area contributed by atoms with E-state index in [0.717, 1.165) is 0 Å². The lowest BCUT2D eigenvalue weighted by Crippen LogP contribution is -2.31. The van der Waals surface area contributed by atoms with Crippen LogP contribution in [-0.2, 0) is 13.6 Å². The topological polar surface area (TPSA) is 134 Å². The van der Waals surface area contributed by atoms with E-state index >= 15 is 0 Å². The molecule has 0 bridgehead atoms. The first kappa shape index (κ1) is 19.9. The summed E-state index contributed by atoms with van der Waals surface area (Å²) >= 11 is 5.83. The van der Waals surface area contributed by atoms with Crippen LogP contribution in [0.3, 0.4) is 0 Å². The summed E-state index contributed by atoms with van der Waals surface area (Å²) in [5, 5.41) is 22.9. The van der Waals surface area contributed by atoms with Crippen LogP contribution < -0.4 is 21.3 Å². The van der Waals surface area contributed by atoms with E-state index in [1.54, 1.807) is 24.3 Å². The lowest BCUT2D eigenvalue weighted by atomic mass is 10.3. The van der Waals surface area contributed by atoms with Gasteiger partial charge in [0.05, 0.1) is 13.2 Å². The minimum absolute atomic E-state index is 0.0147. The number of aliphatic hydroxyl groups is 2. The van der Waals surface area contributed by atoms with Crippen molar-refractivity contribution in [1.82, 2.24) is 19.1 Å². The molecule has 0 unspecified atom stereocenters. The lowest BCUT2D eigenvalue weighted by Gasteiger charge is -2.15.